The summed E-state index contributed by atoms with van der Waals surface area (Å²) in [5.74, 6) is 0.194. The summed E-state index contributed by atoms with van der Waals surface area (Å²) in [4.78, 5) is 15.9. The highest BCUT2D eigenvalue weighted by atomic mass is 16.2. The van der Waals surface area contributed by atoms with Crippen molar-refractivity contribution in [2.75, 3.05) is 45.8 Å². The van der Waals surface area contributed by atoms with Crippen molar-refractivity contribution in [3.8, 4) is 0 Å². The molecule has 0 bridgehead atoms. The van der Waals surface area contributed by atoms with Crippen LogP contribution in [0.15, 0.2) is 0 Å². The molecule has 5 nitrogen and oxygen atoms in total. The van der Waals surface area contributed by atoms with Crippen molar-refractivity contribution in [2.24, 2.45) is 0 Å². The second kappa shape index (κ2) is 4.92. The van der Waals surface area contributed by atoms with Crippen molar-refractivity contribution in [3.63, 3.8) is 0 Å². The highest BCUT2D eigenvalue weighted by Gasteiger charge is 2.29. The predicted octanol–water partition coefficient (Wildman–Crippen LogP) is -1.33. The van der Waals surface area contributed by atoms with Crippen molar-refractivity contribution < 1.29 is 4.79 Å². The second-order valence-electron chi connectivity index (χ2n) is 4.18. The Morgan fingerprint density at radius 1 is 1.13 bits per heavy atom. The van der Waals surface area contributed by atoms with E-state index in [1.54, 1.807) is 6.92 Å². The molecular weight excluding hydrogens is 192 g/mol. The van der Waals surface area contributed by atoms with Crippen LogP contribution >= 0.6 is 0 Å². The summed E-state index contributed by atoms with van der Waals surface area (Å²) < 4.78 is 0. The molecule has 5 heteroatoms. The van der Waals surface area contributed by atoms with E-state index in [0.29, 0.717) is 0 Å². The molecule has 1 amide bonds. The minimum Gasteiger partial charge on any atom is -0.325 e. The zero-order chi connectivity index (χ0) is 10.7. The number of piperazine rings is 2. The van der Waals surface area contributed by atoms with Crippen molar-refractivity contribution >= 4 is 5.91 Å². The standard InChI is InChI=1S/C10H20N4O/c1-9(15)14-7-4-12-8-10(14)13-5-2-11-3-6-13/h10-12H,2-8H2,1H3. The first-order chi connectivity index (χ1) is 7.29. The minimum atomic E-state index is 0.194. The summed E-state index contributed by atoms with van der Waals surface area (Å²) in [5.41, 5.74) is 0. The van der Waals surface area contributed by atoms with E-state index < -0.39 is 0 Å². The third-order valence-electron chi connectivity index (χ3n) is 3.19. The molecule has 0 saturated carbocycles. The first-order valence-corrected chi connectivity index (χ1v) is 5.72. The molecule has 1 atom stereocenters. The lowest BCUT2D eigenvalue weighted by Crippen LogP contribution is -2.63. The number of carbonyl (C=O) groups is 1. The summed E-state index contributed by atoms with van der Waals surface area (Å²) in [6.07, 6.45) is 0.262. The molecule has 2 heterocycles. The smallest absolute Gasteiger partial charge is 0.220 e. The molecule has 0 aliphatic carbocycles. The van der Waals surface area contributed by atoms with Gasteiger partial charge in [-0.25, -0.2) is 0 Å². The number of hydrogen-bond donors (Lipinski definition) is 2. The number of carbonyl (C=O) groups excluding carboxylic acids is 1. The first kappa shape index (κ1) is 10.9. The molecule has 0 radical (unpaired) electrons. The average Bonchev–Trinajstić information content (AvgIpc) is 2.30. The van der Waals surface area contributed by atoms with Crippen LogP contribution in [0, 0.1) is 0 Å². The molecule has 0 aromatic heterocycles. The Kier molecular flexibility index (Phi) is 3.56. The van der Waals surface area contributed by atoms with E-state index in [0.717, 1.165) is 45.8 Å². The SMILES string of the molecule is CC(=O)N1CCNCC1N1CCNCC1. The van der Waals surface area contributed by atoms with E-state index in [2.05, 4.69) is 15.5 Å². The highest BCUT2D eigenvalue weighted by Crippen LogP contribution is 2.10. The molecule has 0 aromatic carbocycles. The first-order valence-electron chi connectivity index (χ1n) is 5.72. The van der Waals surface area contributed by atoms with Gasteiger partial charge in [0.2, 0.25) is 5.91 Å². The summed E-state index contributed by atoms with van der Waals surface area (Å²) >= 11 is 0. The number of hydrogen-bond acceptors (Lipinski definition) is 4. The second-order valence-corrected chi connectivity index (χ2v) is 4.18. The quantitative estimate of drug-likeness (QED) is 0.565. The Balaban J connectivity index is 1.99. The van der Waals surface area contributed by atoms with E-state index in [-0.39, 0.29) is 12.1 Å². The molecule has 2 aliphatic rings. The summed E-state index contributed by atoms with van der Waals surface area (Å²) in [6, 6.07) is 0. The van der Waals surface area contributed by atoms with Gasteiger partial charge in [0.1, 0.15) is 0 Å². The number of nitrogens with one attached hydrogen (secondary N) is 2. The summed E-state index contributed by atoms with van der Waals surface area (Å²) in [6.45, 7) is 8.46. The summed E-state index contributed by atoms with van der Waals surface area (Å²) in [5, 5.41) is 6.69. The zero-order valence-electron chi connectivity index (χ0n) is 9.33. The molecule has 2 aliphatic heterocycles. The van der Waals surface area contributed by atoms with Gasteiger partial charge in [0.25, 0.3) is 0 Å². The van der Waals surface area contributed by atoms with Gasteiger partial charge >= 0.3 is 0 Å². The van der Waals surface area contributed by atoms with Gasteiger partial charge in [-0.2, -0.15) is 0 Å². The molecule has 2 saturated heterocycles. The number of nitrogens with zero attached hydrogens (tertiary/aromatic N) is 2. The molecule has 1 unspecified atom stereocenters. The molecule has 15 heavy (non-hydrogen) atoms. The van der Waals surface area contributed by atoms with Gasteiger partial charge in [-0.15, -0.1) is 0 Å². The molecule has 2 rings (SSSR count). The van der Waals surface area contributed by atoms with Gasteiger partial charge in [0, 0.05) is 52.7 Å². The minimum absolute atomic E-state index is 0.194. The van der Waals surface area contributed by atoms with Crippen molar-refractivity contribution in [1.29, 1.82) is 0 Å². The van der Waals surface area contributed by atoms with Crippen LogP contribution in [-0.2, 0) is 4.79 Å². The Labute approximate surface area is 90.8 Å². The van der Waals surface area contributed by atoms with Gasteiger partial charge in [0.15, 0.2) is 0 Å². The zero-order valence-corrected chi connectivity index (χ0v) is 9.33. The van der Waals surface area contributed by atoms with Gasteiger partial charge in [0.05, 0.1) is 6.17 Å². The Hall–Kier alpha value is -0.650. The van der Waals surface area contributed by atoms with Crippen molar-refractivity contribution in [3.05, 3.63) is 0 Å². The van der Waals surface area contributed by atoms with Crippen molar-refractivity contribution in [1.82, 2.24) is 20.4 Å². The van der Waals surface area contributed by atoms with E-state index in [1.807, 2.05) is 4.90 Å². The van der Waals surface area contributed by atoms with Crippen LogP contribution in [0.3, 0.4) is 0 Å². The lowest BCUT2D eigenvalue weighted by Gasteiger charge is -2.44. The van der Waals surface area contributed by atoms with Crippen LogP contribution < -0.4 is 10.6 Å². The Morgan fingerprint density at radius 3 is 2.47 bits per heavy atom. The lowest BCUT2D eigenvalue weighted by atomic mass is 10.2. The normalized spacial score (nSPS) is 29.1. The number of amides is 1. The summed E-state index contributed by atoms with van der Waals surface area (Å²) in [7, 11) is 0. The van der Waals surface area contributed by atoms with Gasteiger partial charge in [-0.05, 0) is 0 Å². The fourth-order valence-corrected chi connectivity index (χ4v) is 2.36. The van der Waals surface area contributed by atoms with Crippen LogP contribution in [0.25, 0.3) is 0 Å². The van der Waals surface area contributed by atoms with Crippen LogP contribution in [-0.4, -0.2) is 67.7 Å². The van der Waals surface area contributed by atoms with Gasteiger partial charge in [-0.1, -0.05) is 0 Å². The molecule has 0 spiro atoms. The molecule has 86 valence electrons. The lowest BCUT2D eigenvalue weighted by molar-refractivity contribution is -0.137. The average molecular weight is 212 g/mol. The number of rotatable bonds is 1. The fraction of sp³-hybridized carbons (Fsp3) is 0.900. The van der Waals surface area contributed by atoms with E-state index in [4.69, 9.17) is 0 Å². The maximum atomic E-state index is 11.5. The third-order valence-corrected chi connectivity index (χ3v) is 3.19. The van der Waals surface area contributed by atoms with Crippen LogP contribution in [0.1, 0.15) is 6.92 Å². The van der Waals surface area contributed by atoms with Crippen LogP contribution in [0.5, 0.6) is 0 Å². The highest BCUT2D eigenvalue weighted by molar-refractivity contribution is 5.73. The largest absolute Gasteiger partial charge is 0.325 e. The maximum Gasteiger partial charge on any atom is 0.220 e. The van der Waals surface area contributed by atoms with E-state index in [9.17, 15) is 4.79 Å². The van der Waals surface area contributed by atoms with E-state index >= 15 is 0 Å². The predicted molar refractivity (Wildman–Crippen MR) is 58.5 cm³/mol. The molecule has 0 aromatic rings. The monoisotopic (exact) mass is 212 g/mol. The fourth-order valence-electron chi connectivity index (χ4n) is 2.36. The van der Waals surface area contributed by atoms with Gasteiger partial charge < -0.3 is 15.5 Å². The third kappa shape index (κ3) is 2.48. The van der Waals surface area contributed by atoms with E-state index in [1.165, 1.54) is 0 Å². The maximum absolute atomic E-state index is 11.5. The van der Waals surface area contributed by atoms with Crippen LogP contribution in [0.4, 0.5) is 0 Å². The van der Waals surface area contributed by atoms with Gasteiger partial charge in [-0.3, -0.25) is 9.69 Å². The Morgan fingerprint density at radius 2 is 1.80 bits per heavy atom. The molecular formula is C10H20N4O. The molecule has 2 N–H and O–H groups in total. The topological polar surface area (TPSA) is 47.6 Å². The molecule has 2 fully saturated rings. The van der Waals surface area contributed by atoms with Crippen LogP contribution in [0.2, 0.25) is 0 Å². The Bertz CT molecular complexity index is 227. The van der Waals surface area contributed by atoms with Crippen molar-refractivity contribution in [2.45, 2.75) is 13.1 Å².